The molecule has 1 atom stereocenters. The van der Waals surface area contributed by atoms with Gasteiger partial charge in [0.25, 0.3) is 5.91 Å². The van der Waals surface area contributed by atoms with Gasteiger partial charge >= 0.3 is 0 Å². The van der Waals surface area contributed by atoms with E-state index in [4.69, 9.17) is 5.73 Å². The van der Waals surface area contributed by atoms with Crippen molar-refractivity contribution >= 4 is 11.8 Å². The minimum absolute atomic E-state index is 0.0510. The topological polar surface area (TPSA) is 83.6 Å². The number of aryl methyl sites for hydroxylation is 1. The van der Waals surface area contributed by atoms with Gasteiger partial charge in [0.15, 0.2) is 5.60 Å². The van der Waals surface area contributed by atoms with Crippen molar-refractivity contribution in [2.24, 2.45) is 5.73 Å². The van der Waals surface area contributed by atoms with Crippen molar-refractivity contribution < 1.29 is 19.1 Å². The summed E-state index contributed by atoms with van der Waals surface area (Å²) < 4.78 is 12.8. The van der Waals surface area contributed by atoms with Crippen molar-refractivity contribution in [3.05, 3.63) is 35.6 Å². The summed E-state index contributed by atoms with van der Waals surface area (Å²) in [7, 11) is 0. The molecule has 5 nitrogen and oxygen atoms in total. The summed E-state index contributed by atoms with van der Waals surface area (Å²) in [4.78, 5) is 24.9. The van der Waals surface area contributed by atoms with E-state index in [0.29, 0.717) is 19.4 Å². The van der Waals surface area contributed by atoms with Crippen LogP contribution in [0.15, 0.2) is 24.3 Å². The maximum absolute atomic E-state index is 12.8. The van der Waals surface area contributed by atoms with E-state index in [9.17, 15) is 19.1 Å². The third-order valence-corrected chi connectivity index (χ3v) is 3.82. The number of carbonyl (C=O) groups is 2. The monoisotopic (exact) mass is 294 g/mol. The van der Waals surface area contributed by atoms with Gasteiger partial charge in [-0.15, -0.1) is 0 Å². The van der Waals surface area contributed by atoms with Gasteiger partial charge in [-0.1, -0.05) is 12.1 Å². The van der Waals surface area contributed by atoms with Crippen molar-refractivity contribution in [2.75, 3.05) is 13.1 Å². The van der Waals surface area contributed by atoms with Gasteiger partial charge in [-0.3, -0.25) is 9.59 Å². The predicted octanol–water partition coefficient (Wildman–Crippen LogP) is 0.597. The zero-order chi connectivity index (χ0) is 15.5. The molecule has 0 aromatic heterocycles. The minimum atomic E-state index is -1.62. The van der Waals surface area contributed by atoms with Crippen LogP contribution in [0.2, 0.25) is 0 Å². The minimum Gasteiger partial charge on any atom is -0.378 e. The number of halogens is 1. The number of β-amino-alcohol motifs (C(OH)–C–C–N with tert-alkyl or cyclic N) is 1. The second-order valence-electron chi connectivity index (χ2n) is 5.44. The zero-order valence-corrected chi connectivity index (χ0v) is 11.7. The molecule has 114 valence electrons. The fraction of sp³-hybridized carbons (Fsp3) is 0.467. The fourth-order valence-corrected chi connectivity index (χ4v) is 2.51. The number of nitrogens with zero attached hydrogens (tertiary/aromatic N) is 1. The SMILES string of the molecule is NC(=O)C1(O)CCCN(C(=O)CCc2ccc(F)cc2)C1. The van der Waals surface area contributed by atoms with Crippen molar-refractivity contribution in [2.45, 2.75) is 31.3 Å². The Morgan fingerprint density at radius 2 is 2.00 bits per heavy atom. The highest BCUT2D eigenvalue weighted by Gasteiger charge is 2.39. The van der Waals surface area contributed by atoms with Crippen LogP contribution in [0, 0.1) is 5.82 Å². The number of piperidine rings is 1. The van der Waals surface area contributed by atoms with Crippen molar-refractivity contribution in [3.8, 4) is 0 Å². The van der Waals surface area contributed by atoms with Crippen LogP contribution < -0.4 is 5.73 Å². The Bertz CT molecular complexity index is 532. The van der Waals surface area contributed by atoms with Crippen molar-refractivity contribution in [1.29, 1.82) is 0 Å². The lowest BCUT2D eigenvalue weighted by Crippen LogP contribution is -2.57. The Morgan fingerprint density at radius 1 is 1.33 bits per heavy atom. The van der Waals surface area contributed by atoms with Crippen LogP contribution in [-0.4, -0.2) is 40.5 Å². The largest absolute Gasteiger partial charge is 0.378 e. The van der Waals surface area contributed by atoms with Crippen LogP contribution in [0.1, 0.15) is 24.8 Å². The first-order valence-electron chi connectivity index (χ1n) is 6.95. The lowest BCUT2D eigenvalue weighted by Gasteiger charge is -2.37. The molecule has 0 radical (unpaired) electrons. The summed E-state index contributed by atoms with van der Waals surface area (Å²) in [5, 5.41) is 10.1. The van der Waals surface area contributed by atoms with Gasteiger partial charge in [-0.05, 0) is 37.0 Å². The number of rotatable bonds is 4. The number of primary amides is 1. The van der Waals surface area contributed by atoms with Gasteiger partial charge in [0.05, 0.1) is 6.54 Å². The van der Waals surface area contributed by atoms with Crippen LogP contribution >= 0.6 is 0 Å². The molecule has 1 aromatic rings. The Morgan fingerprint density at radius 3 is 2.62 bits per heavy atom. The number of benzene rings is 1. The third-order valence-electron chi connectivity index (χ3n) is 3.82. The Balaban J connectivity index is 1.91. The molecule has 0 bridgehead atoms. The van der Waals surface area contributed by atoms with Gasteiger partial charge < -0.3 is 15.7 Å². The number of likely N-dealkylation sites (tertiary alicyclic amines) is 1. The van der Waals surface area contributed by atoms with Crippen LogP contribution in [0.4, 0.5) is 4.39 Å². The van der Waals surface area contributed by atoms with Crippen LogP contribution in [0.5, 0.6) is 0 Å². The molecule has 1 aromatic carbocycles. The smallest absolute Gasteiger partial charge is 0.251 e. The fourth-order valence-electron chi connectivity index (χ4n) is 2.51. The van der Waals surface area contributed by atoms with E-state index in [1.165, 1.54) is 17.0 Å². The van der Waals surface area contributed by atoms with Crippen molar-refractivity contribution in [1.82, 2.24) is 4.90 Å². The number of nitrogens with two attached hydrogens (primary N) is 1. The van der Waals surface area contributed by atoms with Gasteiger partial charge in [0, 0.05) is 13.0 Å². The lowest BCUT2D eigenvalue weighted by atomic mass is 9.92. The highest BCUT2D eigenvalue weighted by molar-refractivity contribution is 5.85. The van der Waals surface area contributed by atoms with E-state index < -0.39 is 11.5 Å². The molecule has 21 heavy (non-hydrogen) atoms. The van der Waals surface area contributed by atoms with E-state index in [0.717, 1.165) is 5.56 Å². The van der Waals surface area contributed by atoms with Gasteiger partial charge in [0.1, 0.15) is 5.82 Å². The number of hydrogen-bond donors (Lipinski definition) is 2. The summed E-state index contributed by atoms with van der Waals surface area (Å²) in [6.07, 6.45) is 1.57. The molecule has 0 spiro atoms. The predicted molar refractivity (Wildman–Crippen MR) is 74.7 cm³/mol. The van der Waals surface area contributed by atoms with Gasteiger partial charge in [-0.2, -0.15) is 0 Å². The van der Waals surface area contributed by atoms with Crippen LogP contribution in [0.25, 0.3) is 0 Å². The van der Waals surface area contributed by atoms with Gasteiger partial charge in [0.2, 0.25) is 5.91 Å². The first-order valence-corrected chi connectivity index (χ1v) is 6.95. The second-order valence-corrected chi connectivity index (χ2v) is 5.44. The molecule has 1 saturated heterocycles. The molecule has 6 heteroatoms. The van der Waals surface area contributed by atoms with E-state index in [1.807, 2.05) is 0 Å². The second kappa shape index (κ2) is 6.22. The lowest BCUT2D eigenvalue weighted by molar-refractivity contribution is -0.148. The molecule has 1 aliphatic heterocycles. The number of carbonyl (C=O) groups excluding carboxylic acids is 2. The van der Waals surface area contributed by atoms with E-state index in [1.54, 1.807) is 12.1 Å². The van der Waals surface area contributed by atoms with E-state index >= 15 is 0 Å². The number of amides is 2. The van der Waals surface area contributed by atoms with E-state index in [-0.39, 0.29) is 31.1 Å². The molecule has 1 fully saturated rings. The number of aliphatic hydroxyl groups is 1. The molecule has 1 aliphatic rings. The highest BCUT2D eigenvalue weighted by atomic mass is 19.1. The molecule has 0 saturated carbocycles. The third kappa shape index (κ3) is 3.78. The first kappa shape index (κ1) is 15.4. The summed E-state index contributed by atoms with van der Waals surface area (Å²) in [6, 6.07) is 5.98. The summed E-state index contributed by atoms with van der Waals surface area (Å²) in [5.41, 5.74) is 4.43. The molecule has 1 unspecified atom stereocenters. The normalized spacial score (nSPS) is 22.1. The summed E-state index contributed by atoms with van der Waals surface area (Å²) in [6.45, 7) is 0.461. The zero-order valence-electron chi connectivity index (χ0n) is 11.7. The standard InChI is InChI=1S/C15H19FN2O3/c16-12-5-2-11(3-6-12)4-7-13(19)18-9-1-8-15(21,10-18)14(17)20/h2-3,5-6,21H,1,4,7-10H2,(H2,17,20). The Hall–Kier alpha value is -1.95. The molecular weight excluding hydrogens is 275 g/mol. The molecule has 2 amide bonds. The Labute approximate surface area is 122 Å². The maximum Gasteiger partial charge on any atom is 0.251 e. The van der Waals surface area contributed by atoms with Gasteiger partial charge in [-0.25, -0.2) is 4.39 Å². The van der Waals surface area contributed by atoms with Crippen molar-refractivity contribution in [3.63, 3.8) is 0 Å². The maximum atomic E-state index is 12.8. The average Bonchev–Trinajstić information content (AvgIpc) is 2.46. The van der Waals surface area contributed by atoms with E-state index in [2.05, 4.69) is 0 Å². The quantitative estimate of drug-likeness (QED) is 0.853. The molecule has 1 heterocycles. The first-order chi connectivity index (χ1) is 9.90. The molecular formula is C15H19FN2O3. The summed E-state index contributed by atoms with van der Waals surface area (Å²) >= 11 is 0. The van der Waals surface area contributed by atoms with Crippen LogP contribution in [-0.2, 0) is 16.0 Å². The average molecular weight is 294 g/mol. The Kier molecular flexibility index (Phi) is 4.57. The highest BCUT2D eigenvalue weighted by Crippen LogP contribution is 2.21. The number of hydrogen-bond acceptors (Lipinski definition) is 3. The molecule has 2 rings (SSSR count). The molecule has 0 aliphatic carbocycles. The van der Waals surface area contributed by atoms with Crippen LogP contribution in [0.3, 0.4) is 0 Å². The molecule has 3 N–H and O–H groups in total. The summed E-state index contributed by atoms with van der Waals surface area (Å²) in [5.74, 6) is -1.25.